The molecule has 33 heavy (non-hydrogen) atoms. The first-order valence-electron chi connectivity index (χ1n) is 9.55. The van der Waals surface area contributed by atoms with E-state index in [1.54, 1.807) is 0 Å². The summed E-state index contributed by atoms with van der Waals surface area (Å²) in [6.45, 7) is 0.142. The highest BCUT2D eigenvalue weighted by atomic mass is 19.4. The van der Waals surface area contributed by atoms with Gasteiger partial charge in [0.1, 0.15) is 13.2 Å². The average Bonchev–Trinajstić information content (AvgIpc) is 2.71. The van der Waals surface area contributed by atoms with Crippen molar-refractivity contribution in [2.45, 2.75) is 38.5 Å². The molecule has 0 bridgehead atoms. The minimum absolute atomic E-state index is 0.0917. The molecular formula is C19H22F6O8. The van der Waals surface area contributed by atoms with Crippen molar-refractivity contribution in [3.8, 4) is 0 Å². The molecule has 0 amide bonds. The van der Waals surface area contributed by atoms with Crippen LogP contribution in [0.2, 0.25) is 0 Å². The van der Waals surface area contributed by atoms with Crippen LogP contribution < -0.4 is 0 Å². The molecule has 0 radical (unpaired) electrons. The van der Waals surface area contributed by atoms with Gasteiger partial charge in [0.05, 0.1) is 17.8 Å². The molecule has 188 valence electrons. The smallest absolute Gasteiger partial charge is 0.422 e. The lowest BCUT2D eigenvalue weighted by atomic mass is 9.75. The zero-order valence-electron chi connectivity index (χ0n) is 17.4. The predicted octanol–water partition coefficient (Wildman–Crippen LogP) is 2.89. The van der Waals surface area contributed by atoms with Gasteiger partial charge in [-0.25, -0.2) is 4.79 Å². The number of carbonyl (C=O) groups excluding carboxylic acids is 4. The quantitative estimate of drug-likeness (QED) is 0.159. The van der Waals surface area contributed by atoms with E-state index in [9.17, 15) is 45.5 Å². The van der Waals surface area contributed by atoms with Crippen molar-refractivity contribution in [2.75, 3.05) is 26.4 Å². The number of halogens is 6. The van der Waals surface area contributed by atoms with Crippen LogP contribution in [-0.4, -0.2) is 62.7 Å². The lowest BCUT2D eigenvalue weighted by Gasteiger charge is -2.31. The van der Waals surface area contributed by atoms with Crippen molar-refractivity contribution < 1.29 is 64.5 Å². The molecule has 8 nitrogen and oxygen atoms in total. The molecule has 1 saturated carbocycles. The zero-order valence-corrected chi connectivity index (χ0v) is 17.4. The maximum atomic E-state index is 12.3. The molecule has 0 N–H and O–H groups in total. The number of ether oxygens (including phenoxy) is 4. The summed E-state index contributed by atoms with van der Waals surface area (Å²) in [7, 11) is 0. The third kappa shape index (κ3) is 11.1. The molecular weight excluding hydrogens is 470 g/mol. The fraction of sp³-hybridized carbons (Fsp3) is 0.684. The van der Waals surface area contributed by atoms with Crippen LogP contribution in [0.3, 0.4) is 0 Å². The number of hydrogen-bond acceptors (Lipinski definition) is 8. The number of rotatable bonds is 9. The van der Waals surface area contributed by atoms with E-state index >= 15 is 0 Å². The number of esters is 4. The van der Waals surface area contributed by atoms with Gasteiger partial charge in [-0.05, 0) is 26.2 Å². The second-order valence-corrected chi connectivity index (χ2v) is 7.33. The Morgan fingerprint density at radius 1 is 0.697 bits per heavy atom. The Kier molecular flexibility index (Phi) is 10.2. The van der Waals surface area contributed by atoms with Crippen LogP contribution in [0, 0.1) is 17.8 Å². The largest absolute Gasteiger partial charge is 0.462 e. The van der Waals surface area contributed by atoms with E-state index < -0.39 is 80.2 Å². The third-order valence-electron chi connectivity index (χ3n) is 4.37. The van der Waals surface area contributed by atoms with Crippen molar-refractivity contribution in [1.82, 2.24) is 0 Å². The van der Waals surface area contributed by atoms with E-state index in [1.807, 2.05) is 0 Å². The first kappa shape index (κ1) is 28.2. The van der Waals surface area contributed by atoms with Crippen LogP contribution in [-0.2, 0) is 38.1 Å². The molecule has 0 aromatic carbocycles. The zero-order chi connectivity index (χ0) is 25.4. The van der Waals surface area contributed by atoms with E-state index in [4.69, 9.17) is 9.47 Å². The Morgan fingerprint density at radius 3 is 1.36 bits per heavy atom. The second-order valence-electron chi connectivity index (χ2n) is 7.33. The van der Waals surface area contributed by atoms with Crippen molar-refractivity contribution in [3.63, 3.8) is 0 Å². The van der Waals surface area contributed by atoms with Crippen molar-refractivity contribution in [2.24, 2.45) is 17.8 Å². The maximum absolute atomic E-state index is 12.3. The van der Waals surface area contributed by atoms with Crippen molar-refractivity contribution in [3.05, 3.63) is 12.2 Å². The summed E-state index contributed by atoms with van der Waals surface area (Å²) >= 11 is 0. The molecule has 0 heterocycles. The Balaban J connectivity index is 2.80. The molecule has 0 aliphatic heterocycles. The van der Waals surface area contributed by atoms with E-state index in [0.29, 0.717) is 0 Å². The summed E-state index contributed by atoms with van der Waals surface area (Å²) in [6, 6.07) is 0. The molecule has 0 aromatic heterocycles. The van der Waals surface area contributed by atoms with Crippen LogP contribution in [0.5, 0.6) is 0 Å². The molecule has 2 unspecified atom stereocenters. The van der Waals surface area contributed by atoms with Crippen LogP contribution >= 0.6 is 0 Å². The van der Waals surface area contributed by atoms with Crippen LogP contribution in [0.25, 0.3) is 0 Å². The predicted molar refractivity (Wildman–Crippen MR) is 95.1 cm³/mol. The first-order valence-corrected chi connectivity index (χ1v) is 9.55. The van der Waals surface area contributed by atoms with Crippen molar-refractivity contribution >= 4 is 23.9 Å². The van der Waals surface area contributed by atoms with Crippen molar-refractivity contribution in [1.29, 1.82) is 0 Å². The third-order valence-corrected chi connectivity index (χ3v) is 4.37. The Morgan fingerprint density at radius 2 is 1.03 bits per heavy atom. The molecule has 1 rings (SSSR count). The molecule has 1 aliphatic carbocycles. The summed E-state index contributed by atoms with van der Waals surface area (Å²) in [5, 5.41) is 0. The molecule has 0 aromatic rings. The monoisotopic (exact) mass is 492 g/mol. The number of alkyl halides is 6. The molecule has 2 atom stereocenters. The van der Waals surface area contributed by atoms with Gasteiger partial charge < -0.3 is 18.9 Å². The highest BCUT2D eigenvalue weighted by molar-refractivity contribution is 5.87. The summed E-state index contributed by atoms with van der Waals surface area (Å²) in [5.41, 5.74) is 0.0917. The average molecular weight is 492 g/mol. The fourth-order valence-electron chi connectivity index (χ4n) is 2.96. The molecule has 1 fully saturated rings. The first-order chi connectivity index (χ1) is 15.1. The Labute approximate surface area is 184 Å². The van der Waals surface area contributed by atoms with Gasteiger partial charge in [0.2, 0.25) is 0 Å². The Bertz CT molecular complexity index is 708. The summed E-state index contributed by atoms with van der Waals surface area (Å²) < 4.78 is 91.8. The highest BCUT2D eigenvalue weighted by Gasteiger charge is 2.43. The normalized spacial score (nSPS) is 21.0. The van der Waals surface area contributed by atoms with Gasteiger partial charge in [-0.1, -0.05) is 6.58 Å². The summed E-state index contributed by atoms with van der Waals surface area (Å²) in [6.07, 6.45) is -10.8. The lowest BCUT2D eigenvalue weighted by Crippen LogP contribution is -2.38. The maximum Gasteiger partial charge on any atom is 0.422 e. The van der Waals surface area contributed by atoms with Gasteiger partial charge in [-0.15, -0.1) is 0 Å². The number of hydrogen-bond donors (Lipinski definition) is 0. The molecule has 1 aliphatic rings. The molecule has 0 saturated heterocycles. The summed E-state index contributed by atoms with van der Waals surface area (Å²) in [4.78, 5) is 47.6. The van der Waals surface area contributed by atoms with E-state index in [-0.39, 0.29) is 25.0 Å². The standard InChI is InChI=1S/C19H22F6O8/c1-10(2)14(26)30-3-4-31-15(27)11-5-12(16(28)32-8-18(20,21)22)7-13(6-11)17(29)33-9-19(23,24)25/h11-13H,1,3-9H2,2H3. The van der Waals surface area contributed by atoms with Gasteiger partial charge in [0, 0.05) is 5.57 Å². The second kappa shape index (κ2) is 11.9. The minimum Gasteiger partial charge on any atom is -0.462 e. The lowest BCUT2D eigenvalue weighted by molar-refractivity contribution is -0.195. The summed E-state index contributed by atoms with van der Waals surface area (Å²) in [5.74, 6) is -8.45. The highest BCUT2D eigenvalue weighted by Crippen LogP contribution is 2.36. The van der Waals surface area contributed by atoms with Crippen LogP contribution in [0.4, 0.5) is 26.3 Å². The van der Waals surface area contributed by atoms with E-state index in [2.05, 4.69) is 16.1 Å². The topological polar surface area (TPSA) is 105 Å². The van der Waals surface area contributed by atoms with Crippen LogP contribution in [0.15, 0.2) is 12.2 Å². The van der Waals surface area contributed by atoms with Gasteiger partial charge in [-0.3, -0.25) is 14.4 Å². The molecule has 0 spiro atoms. The SMILES string of the molecule is C=C(C)C(=O)OCCOC(=O)C1CC(C(=O)OCC(F)(F)F)CC(C(=O)OCC(F)(F)F)C1. The van der Waals surface area contributed by atoms with E-state index in [0.717, 1.165) is 0 Å². The van der Waals surface area contributed by atoms with Crippen LogP contribution in [0.1, 0.15) is 26.2 Å². The van der Waals surface area contributed by atoms with Gasteiger partial charge in [-0.2, -0.15) is 26.3 Å². The van der Waals surface area contributed by atoms with Gasteiger partial charge in [0.15, 0.2) is 13.2 Å². The Hall–Kier alpha value is -2.80. The van der Waals surface area contributed by atoms with Gasteiger partial charge >= 0.3 is 36.2 Å². The van der Waals surface area contributed by atoms with E-state index in [1.165, 1.54) is 6.92 Å². The minimum atomic E-state index is -4.82. The number of carbonyl (C=O) groups is 4. The van der Waals surface area contributed by atoms with Gasteiger partial charge in [0.25, 0.3) is 0 Å². The fourth-order valence-corrected chi connectivity index (χ4v) is 2.96. The molecule has 14 heteroatoms.